The Morgan fingerprint density at radius 1 is 1.22 bits per heavy atom. The van der Waals surface area contributed by atoms with E-state index in [2.05, 4.69) is 15.0 Å². The van der Waals surface area contributed by atoms with Crippen molar-refractivity contribution >= 4 is 56.3 Å². The van der Waals surface area contributed by atoms with E-state index in [1.54, 1.807) is 39.0 Å². The van der Waals surface area contributed by atoms with Gasteiger partial charge in [-0.1, -0.05) is 23.2 Å². The molecule has 41 heavy (non-hydrogen) atoms. The Morgan fingerprint density at radius 3 is 2.59 bits per heavy atom. The maximum absolute atomic E-state index is 15.4. The smallest absolute Gasteiger partial charge is 0.319 e. The minimum atomic E-state index is -4.75. The van der Waals surface area contributed by atoms with Gasteiger partial charge >= 0.3 is 5.97 Å². The van der Waals surface area contributed by atoms with Gasteiger partial charge in [0.15, 0.2) is 5.82 Å². The van der Waals surface area contributed by atoms with E-state index in [4.69, 9.17) is 32.7 Å². The number of anilines is 1. The number of hydrogen-bond donors (Lipinski definition) is 2. The number of ether oxygens (including phenoxy) is 3. The van der Waals surface area contributed by atoms with Gasteiger partial charge in [0, 0.05) is 16.5 Å². The second kappa shape index (κ2) is 14.1. The summed E-state index contributed by atoms with van der Waals surface area (Å²) in [7, 11) is -3.44. The van der Waals surface area contributed by atoms with Crippen LogP contribution in [0.2, 0.25) is 10.0 Å². The van der Waals surface area contributed by atoms with E-state index in [0.717, 1.165) is 23.5 Å². The van der Waals surface area contributed by atoms with Gasteiger partial charge in [0.25, 0.3) is 16.4 Å². The average molecular weight is 651 g/mol. The number of carbonyl (C=O) groups excluding carboxylic acids is 1. The Hall–Kier alpha value is -2.52. The Kier molecular flexibility index (Phi) is 11.3. The van der Waals surface area contributed by atoms with Crippen molar-refractivity contribution in [3.8, 4) is 11.5 Å². The molecule has 3 aromatic rings. The van der Waals surface area contributed by atoms with Crippen LogP contribution in [0.4, 0.5) is 10.2 Å². The number of esters is 1. The average Bonchev–Trinajstić information content (AvgIpc) is 3.39. The second-order valence-corrected chi connectivity index (χ2v) is 13.0. The van der Waals surface area contributed by atoms with E-state index in [9.17, 15) is 18.3 Å². The van der Waals surface area contributed by atoms with Crippen molar-refractivity contribution < 1.29 is 36.9 Å². The number of nitrogens with one attached hydrogen (secondary N) is 1. The first kappa shape index (κ1) is 33.0. The molecule has 0 amide bonds. The molecule has 224 valence electrons. The Morgan fingerprint density at radius 2 is 1.95 bits per heavy atom. The van der Waals surface area contributed by atoms with Crippen molar-refractivity contribution in [3.63, 3.8) is 0 Å². The molecule has 1 unspecified atom stereocenters. The molecule has 15 heteroatoms. The Bertz CT molecular complexity index is 1450. The summed E-state index contributed by atoms with van der Waals surface area (Å²) in [5, 5.41) is 15.3. The highest BCUT2D eigenvalue weighted by molar-refractivity contribution is 7.92. The third-order valence-electron chi connectivity index (χ3n) is 5.37. The lowest BCUT2D eigenvalue weighted by Crippen LogP contribution is -2.45. The monoisotopic (exact) mass is 649 g/mol. The number of rotatable bonds is 13. The van der Waals surface area contributed by atoms with Crippen LogP contribution in [0.15, 0.2) is 46.1 Å². The molecule has 0 saturated carbocycles. The molecular weight excluding hydrogens is 620 g/mol. The van der Waals surface area contributed by atoms with Crippen molar-refractivity contribution in [1.82, 2.24) is 10.3 Å². The number of hydrogen-bond acceptors (Lipinski definition) is 10. The third-order valence-corrected chi connectivity index (χ3v) is 8.23. The maximum atomic E-state index is 15.4. The fraction of sp³-hybridized carbons (Fsp3) is 0.385. The summed E-state index contributed by atoms with van der Waals surface area (Å²) >= 11 is 13.6. The summed E-state index contributed by atoms with van der Waals surface area (Å²) in [6, 6.07) is 6.60. The van der Waals surface area contributed by atoms with Gasteiger partial charge in [0.2, 0.25) is 0 Å². The highest BCUT2D eigenvalue weighted by atomic mass is 35.5. The number of carbonyl (C=O) groups is 1. The van der Waals surface area contributed by atoms with E-state index in [-0.39, 0.29) is 29.1 Å². The molecule has 0 aliphatic carbocycles. The molecule has 3 rings (SSSR count). The van der Waals surface area contributed by atoms with E-state index >= 15 is 4.39 Å². The van der Waals surface area contributed by atoms with Crippen molar-refractivity contribution in [2.75, 3.05) is 24.5 Å². The van der Waals surface area contributed by atoms with Crippen LogP contribution in [0.1, 0.15) is 32.8 Å². The lowest BCUT2D eigenvalue weighted by molar-refractivity contribution is -0.157. The third kappa shape index (κ3) is 8.98. The SMILES string of the molecule is COC(=O)CNCCCc1cc(Cl)ccc1Oc1cc(F)c(S(=O)(=O)N(c2cscn2)C(O)OC(C)(C)C)cc1Cl. The van der Waals surface area contributed by atoms with E-state index < -0.39 is 32.8 Å². The number of methoxy groups -OCH3 is 1. The van der Waals surface area contributed by atoms with Crippen LogP contribution in [0.5, 0.6) is 11.5 Å². The minimum Gasteiger partial charge on any atom is -0.468 e. The number of aliphatic hydroxyl groups is 1. The van der Waals surface area contributed by atoms with E-state index in [1.165, 1.54) is 18.0 Å². The zero-order valence-corrected chi connectivity index (χ0v) is 25.8. The molecule has 10 nitrogen and oxygen atoms in total. The Labute approximate surface area is 252 Å². The first-order valence-electron chi connectivity index (χ1n) is 12.2. The molecular formula is C26H30Cl2FN3O7S2. The number of nitrogens with zero attached hydrogens (tertiary/aromatic N) is 2. The minimum absolute atomic E-state index is 0.0683. The van der Waals surface area contributed by atoms with E-state index in [1.807, 2.05) is 0 Å². The fourth-order valence-corrected chi connectivity index (χ4v) is 6.02. The molecule has 1 atom stereocenters. The molecule has 0 fully saturated rings. The number of aryl methyl sites for hydroxylation is 1. The first-order chi connectivity index (χ1) is 19.2. The molecule has 2 N–H and O–H groups in total. The number of benzene rings is 2. The lowest BCUT2D eigenvalue weighted by Gasteiger charge is -2.32. The fourth-order valence-electron chi connectivity index (χ4n) is 3.55. The number of aromatic nitrogens is 1. The van der Waals surface area contributed by atoms with Gasteiger partial charge in [-0.15, -0.1) is 11.3 Å². The predicted octanol–water partition coefficient (Wildman–Crippen LogP) is 5.36. The van der Waals surface area contributed by atoms with Crippen LogP contribution in [-0.4, -0.2) is 56.7 Å². The largest absolute Gasteiger partial charge is 0.468 e. The van der Waals surface area contributed by atoms with Gasteiger partial charge in [0.1, 0.15) is 22.2 Å². The van der Waals surface area contributed by atoms with Gasteiger partial charge < -0.3 is 24.6 Å². The summed E-state index contributed by atoms with van der Waals surface area (Å²) in [5.41, 5.74) is 1.11. The first-order valence-corrected chi connectivity index (χ1v) is 15.4. The number of halogens is 3. The molecule has 1 aromatic heterocycles. The highest BCUT2D eigenvalue weighted by Gasteiger charge is 2.37. The van der Waals surface area contributed by atoms with Crippen molar-refractivity contribution in [2.24, 2.45) is 0 Å². The van der Waals surface area contributed by atoms with Crippen molar-refractivity contribution in [1.29, 1.82) is 0 Å². The molecule has 0 radical (unpaired) electrons. The van der Waals surface area contributed by atoms with E-state index in [0.29, 0.717) is 40.0 Å². The van der Waals surface area contributed by atoms with Crippen molar-refractivity contribution in [2.45, 2.75) is 50.5 Å². The summed E-state index contributed by atoms with van der Waals surface area (Å²) in [6.45, 7) is 5.43. The summed E-state index contributed by atoms with van der Waals surface area (Å²) in [6.07, 6.45) is -0.904. The normalized spacial score (nSPS) is 12.7. The van der Waals surface area contributed by atoms with Gasteiger partial charge in [-0.25, -0.2) is 17.8 Å². The molecule has 0 aliphatic rings. The van der Waals surface area contributed by atoms with Crippen LogP contribution >= 0.6 is 34.5 Å². The van der Waals surface area contributed by atoms with Crippen molar-refractivity contribution in [3.05, 3.63) is 62.6 Å². The maximum Gasteiger partial charge on any atom is 0.319 e. The topological polar surface area (TPSA) is 127 Å². The summed E-state index contributed by atoms with van der Waals surface area (Å²) in [5.74, 6) is -1.52. The molecule has 0 spiro atoms. The predicted molar refractivity (Wildman–Crippen MR) is 155 cm³/mol. The molecule has 0 saturated heterocycles. The van der Waals surface area contributed by atoms with Gasteiger partial charge in [-0.2, -0.15) is 4.31 Å². The van der Waals surface area contributed by atoms with Crippen LogP contribution in [-0.2, 0) is 30.7 Å². The number of aliphatic hydroxyl groups excluding tert-OH is 1. The van der Waals surface area contributed by atoms with Gasteiger partial charge in [-0.05, 0) is 70.0 Å². The molecule has 0 bridgehead atoms. The zero-order valence-electron chi connectivity index (χ0n) is 22.7. The van der Waals surface area contributed by atoms with Gasteiger partial charge in [-0.3, -0.25) is 4.79 Å². The number of thiazole rings is 1. The summed E-state index contributed by atoms with van der Waals surface area (Å²) in [4.78, 5) is 14.4. The van der Waals surface area contributed by atoms with Crippen LogP contribution in [0.25, 0.3) is 0 Å². The quantitative estimate of drug-likeness (QED) is 0.143. The number of sulfonamides is 1. The molecule has 0 aliphatic heterocycles. The molecule has 2 aromatic carbocycles. The highest BCUT2D eigenvalue weighted by Crippen LogP contribution is 2.37. The zero-order chi connectivity index (χ0) is 30.4. The van der Waals surface area contributed by atoms with Crippen LogP contribution < -0.4 is 14.4 Å². The molecule has 1 heterocycles. The van der Waals surface area contributed by atoms with Gasteiger partial charge in [0.05, 0.1) is 29.8 Å². The lowest BCUT2D eigenvalue weighted by atomic mass is 10.1. The second-order valence-electron chi connectivity index (χ2n) is 9.63. The van der Waals surface area contributed by atoms with Crippen LogP contribution in [0, 0.1) is 5.82 Å². The van der Waals surface area contributed by atoms with Crippen LogP contribution in [0.3, 0.4) is 0 Å². The summed E-state index contributed by atoms with van der Waals surface area (Å²) < 4.78 is 59.0. The standard InChI is InChI=1S/C26H30Cl2FN3O7S2/c1-26(2,3)39-25(34)32(23-14-40-15-31-23)41(35,36)22-11-18(28)21(12-19(22)29)38-20-8-7-17(27)10-16(20)6-5-9-30-13-24(33)37-4/h7-8,10-12,14-15,25,30,34H,5-6,9,13H2,1-4H3. The Balaban J connectivity index is 1.87.